The number of hydrogen-bond donors (Lipinski definition) is 2. The summed E-state index contributed by atoms with van der Waals surface area (Å²) >= 11 is 0. The van der Waals surface area contributed by atoms with Crippen LogP contribution in [0.3, 0.4) is 0 Å². The molecule has 0 aromatic rings. The van der Waals surface area contributed by atoms with Crippen LogP contribution in [-0.4, -0.2) is 26.2 Å². The van der Waals surface area contributed by atoms with Gasteiger partial charge in [-0.15, -0.1) is 4.40 Å². The van der Waals surface area contributed by atoms with E-state index < -0.39 is 10.0 Å². The smallest absolute Gasteiger partial charge is 0.252 e. The van der Waals surface area contributed by atoms with E-state index >= 15 is 0 Å². The summed E-state index contributed by atoms with van der Waals surface area (Å²) in [5.74, 6) is -0.227. The largest absolute Gasteiger partial charge is 0.382 e. The summed E-state index contributed by atoms with van der Waals surface area (Å²) in [5, 5.41) is 7.10. The molecule has 0 rings (SSSR count). The van der Waals surface area contributed by atoms with E-state index in [-0.39, 0.29) is 11.5 Å². The highest BCUT2D eigenvalue weighted by Crippen LogP contribution is 1.88. The van der Waals surface area contributed by atoms with Crippen LogP contribution in [0.1, 0.15) is 13.3 Å². The first kappa shape index (κ1) is 10.1. The average Bonchev–Trinajstić information content (AvgIpc) is 1.82. The van der Waals surface area contributed by atoms with Crippen molar-refractivity contribution in [1.29, 1.82) is 5.41 Å². The molecule has 5 nitrogen and oxygen atoms in total. The van der Waals surface area contributed by atoms with Crippen LogP contribution in [0.2, 0.25) is 0 Å². The van der Waals surface area contributed by atoms with Crippen LogP contribution in [0, 0.1) is 5.41 Å². The molecule has 0 aliphatic rings. The lowest BCUT2D eigenvalue weighted by molar-refractivity contribution is 0.604. The highest BCUT2D eigenvalue weighted by Gasteiger charge is 2.03. The van der Waals surface area contributed by atoms with Crippen LogP contribution >= 0.6 is 0 Å². The van der Waals surface area contributed by atoms with E-state index in [0.717, 1.165) is 6.26 Å². The molecule has 0 aromatic heterocycles. The average molecular weight is 177 g/mol. The molecule has 0 spiro atoms. The second-order valence-electron chi connectivity index (χ2n) is 2.04. The lowest BCUT2D eigenvalue weighted by Gasteiger charge is -1.96. The number of nitrogens with one attached hydrogen (secondary N) is 1. The minimum Gasteiger partial charge on any atom is -0.382 e. The molecular formula is C5H11N3O2S. The Balaban J connectivity index is 4.62. The molecule has 0 bridgehead atoms. The zero-order valence-electron chi connectivity index (χ0n) is 6.46. The van der Waals surface area contributed by atoms with Gasteiger partial charge in [0.2, 0.25) is 0 Å². The molecule has 0 aliphatic heterocycles. The van der Waals surface area contributed by atoms with Gasteiger partial charge in [-0.3, -0.25) is 0 Å². The summed E-state index contributed by atoms with van der Waals surface area (Å²) in [6.45, 7) is 1.70. The van der Waals surface area contributed by atoms with Crippen LogP contribution in [0.25, 0.3) is 0 Å². The van der Waals surface area contributed by atoms with Gasteiger partial charge in [0.05, 0.1) is 12.0 Å². The van der Waals surface area contributed by atoms with Crippen LogP contribution in [0.15, 0.2) is 4.40 Å². The van der Waals surface area contributed by atoms with Crippen molar-refractivity contribution in [2.24, 2.45) is 10.1 Å². The Morgan fingerprint density at radius 3 is 2.36 bits per heavy atom. The molecular weight excluding hydrogens is 166 g/mol. The van der Waals surface area contributed by atoms with Crippen molar-refractivity contribution in [2.45, 2.75) is 13.3 Å². The highest BCUT2D eigenvalue weighted by molar-refractivity contribution is 7.89. The molecule has 3 N–H and O–H groups in total. The van der Waals surface area contributed by atoms with Gasteiger partial charge in [-0.1, -0.05) is 6.92 Å². The first-order valence-corrected chi connectivity index (χ1v) is 4.85. The van der Waals surface area contributed by atoms with Gasteiger partial charge in [0.1, 0.15) is 0 Å². The van der Waals surface area contributed by atoms with Gasteiger partial charge in [-0.05, 0) is 6.42 Å². The van der Waals surface area contributed by atoms with Crippen LogP contribution in [0.5, 0.6) is 0 Å². The van der Waals surface area contributed by atoms with Gasteiger partial charge in [0.25, 0.3) is 10.0 Å². The van der Waals surface area contributed by atoms with Gasteiger partial charge < -0.3 is 11.1 Å². The molecule has 0 fully saturated rings. The molecule has 0 atom stereocenters. The summed E-state index contributed by atoms with van der Waals surface area (Å²) in [4.78, 5) is 0. The molecule has 0 saturated carbocycles. The van der Waals surface area contributed by atoms with Crippen LogP contribution in [0.4, 0.5) is 0 Å². The third-order valence-electron chi connectivity index (χ3n) is 0.927. The van der Waals surface area contributed by atoms with E-state index in [4.69, 9.17) is 11.1 Å². The van der Waals surface area contributed by atoms with Crippen molar-refractivity contribution in [3.05, 3.63) is 0 Å². The molecule has 0 unspecified atom stereocenters. The maximum absolute atomic E-state index is 10.5. The number of sulfonamides is 1. The minimum absolute atomic E-state index is 0.0374. The Hall–Kier alpha value is -0.910. The predicted octanol–water partition coefficient (Wildman–Crippen LogP) is -0.267. The van der Waals surface area contributed by atoms with E-state index in [1.54, 1.807) is 6.92 Å². The summed E-state index contributed by atoms with van der Waals surface area (Å²) in [6, 6.07) is 0. The Bertz CT molecular complexity index is 278. The third kappa shape index (κ3) is 4.49. The lowest BCUT2D eigenvalue weighted by Crippen LogP contribution is -2.23. The zero-order valence-corrected chi connectivity index (χ0v) is 7.27. The van der Waals surface area contributed by atoms with Gasteiger partial charge in [-0.25, -0.2) is 8.42 Å². The standard InChI is InChI=1S/C5H11N3O2S/c1-3-4(6)5(7)8-11(2,9)10/h6H,3H2,1-2H3,(H2,7,8). The fourth-order valence-corrected chi connectivity index (χ4v) is 0.882. The molecule has 6 heteroatoms. The maximum atomic E-state index is 10.5. The lowest BCUT2D eigenvalue weighted by atomic mass is 10.3. The van der Waals surface area contributed by atoms with E-state index in [1.165, 1.54) is 0 Å². The van der Waals surface area contributed by atoms with E-state index in [9.17, 15) is 8.42 Å². The molecule has 0 radical (unpaired) electrons. The molecule has 0 amide bonds. The fraction of sp³-hybridized carbons (Fsp3) is 0.600. The summed E-state index contributed by atoms with van der Waals surface area (Å²) in [6.07, 6.45) is 1.31. The summed E-state index contributed by atoms with van der Waals surface area (Å²) in [7, 11) is -3.46. The van der Waals surface area contributed by atoms with Crippen molar-refractivity contribution in [3.63, 3.8) is 0 Å². The van der Waals surface area contributed by atoms with Gasteiger partial charge in [0, 0.05) is 0 Å². The minimum atomic E-state index is -3.46. The predicted molar refractivity (Wildman–Crippen MR) is 44.5 cm³/mol. The Morgan fingerprint density at radius 2 is 2.09 bits per heavy atom. The second kappa shape index (κ2) is 3.47. The molecule has 0 saturated heterocycles. The second-order valence-corrected chi connectivity index (χ2v) is 3.69. The quantitative estimate of drug-likeness (QED) is 0.459. The van der Waals surface area contributed by atoms with Crippen LogP contribution < -0.4 is 5.73 Å². The first-order chi connectivity index (χ1) is 4.87. The third-order valence-corrected chi connectivity index (χ3v) is 1.46. The van der Waals surface area contributed by atoms with Crippen molar-refractivity contribution >= 4 is 21.6 Å². The van der Waals surface area contributed by atoms with Crippen molar-refractivity contribution in [3.8, 4) is 0 Å². The Kier molecular flexibility index (Phi) is 3.18. The molecule has 64 valence electrons. The number of hydrogen-bond acceptors (Lipinski definition) is 3. The van der Waals surface area contributed by atoms with Crippen molar-refractivity contribution in [1.82, 2.24) is 0 Å². The highest BCUT2D eigenvalue weighted by atomic mass is 32.2. The molecule has 11 heavy (non-hydrogen) atoms. The van der Waals surface area contributed by atoms with E-state index in [1.807, 2.05) is 0 Å². The molecule has 0 heterocycles. The van der Waals surface area contributed by atoms with Gasteiger partial charge in [0.15, 0.2) is 5.84 Å². The topological polar surface area (TPSA) is 96.4 Å². The first-order valence-electron chi connectivity index (χ1n) is 3.00. The number of amidine groups is 1. The fourth-order valence-electron chi connectivity index (χ4n) is 0.415. The Morgan fingerprint density at radius 1 is 1.64 bits per heavy atom. The van der Waals surface area contributed by atoms with Gasteiger partial charge >= 0.3 is 0 Å². The molecule has 0 aromatic carbocycles. The number of nitrogens with two attached hydrogens (primary N) is 1. The van der Waals surface area contributed by atoms with Crippen molar-refractivity contribution in [2.75, 3.05) is 6.26 Å². The van der Waals surface area contributed by atoms with Crippen molar-refractivity contribution < 1.29 is 8.42 Å². The Labute approximate surface area is 65.9 Å². The zero-order chi connectivity index (χ0) is 9.07. The normalized spacial score (nSPS) is 13.1. The van der Waals surface area contributed by atoms with Crippen LogP contribution in [-0.2, 0) is 10.0 Å². The monoisotopic (exact) mass is 177 g/mol. The van der Waals surface area contributed by atoms with Gasteiger partial charge in [-0.2, -0.15) is 0 Å². The van der Waals surface area contributed by atoms with E-state index in [0.29, 0.717) is 6.42 Å². The number of nitrogens with zero attached hydrogens (tertiary/aromatic N) is 1. The molecule has 0 aliphatic carbocycles. The van der Waals surface area contributed by atoms with E-state index in [2.05, 4.69) is 4.40 Å². The number of rotatable bonds is 3. The maximum Gasteiger partial charge on any atom is 0.252 e. The SMILES string of the molecule is CCC(=N)C(N)=NS(C)(=O)=O. The summed E-state index contributed by atoms with van der Waals surface area (Å²) in [5.41, 5.74) is 5.20. The summed E-state index contributed by atoms with van der Waals surface area (Å²) < 4.78 is 24.1.